The van der Waals surface area contributed by atoms with Crippen LogP contribution < -0.4 is 33.0 Å². The number of nitrogens with one attached hydrogen (secondary N) is 7. The number of rotatable bonds is 6. The summed E-state index contributed by atoms with van der Waals surface area (Å²) in [6, 6.07) is 13.8. The fourth-order valence-corrected chi connectivity index (χ4v) is 4.69. The number of para-hydroxylation sites is 1. The van der Waals surface area contributed by atoms with Crippen LogP contribution in [0.15, 0.2) is 53.3 Å². The molecule has 0 unspecified atom stereocenters. The van der Waals surface area contributed by atoms with Crippen LogP contribution in [0.25, 0.3) is 33.6 Å². The molecule has 2 heterocycles. The first-order valence-corrected chi connectivity index (χ1v) is 12.5. The van der Waals surface area contributed by atoms with Gasteiger partial charge in [0.15, 0.2) is 11.9 Å². The molecule has 202 valence electrons. The maximum absolute atomic E-state index is 13.3. The van der Waals surface area contributed by atoms with Crippen molar-refractivity contribution in [2.75, 3.05) is 16.0 Å². The molecule has 40 heavy (non-hydrogen) atoms. The summed E-state index contributed by atoms with van der Waals surface area (Å²) in [5.41, 5.74) is 15.0. The Morgan fingerprint density at radius 2 is 1.55 bits per heavy atom. The summed E-state index contributed by atoms with van der Waals surface area (Å²) in [6.45, 7) is 1.80. The molecule has 2 aromatic heterocycles. The number of benzene rings is 3. The minimum Gasteiger partial charge on any atom is -0.370 e. The monoisotopic (exact) mass is 575 g/mol. The molecule has 12 nitrogen and oxygen atoms in total. The fraction of sp³-hybridized carbons (Fsp3) is 0.0385. The number of nitrogens with two attached hydrogens (primary N) is 2. The smallest absolute Gasteiger partial charge is 0.261 e. The number of H-pyrrole nitrogens is 2. The Labute approximate surface area is 236 Å². The Morgan fingerprint density at radius 1 is 0.925 bits per heavy atom. The van der Waals surface area contributed by atoms with Gasteiger partial charge in [0.2, 0.25) is 5.95 Å². The zero-order valence-corrected chi connectivity index (χ0v) is 22.4. The van der Waals surface area contributed by atoms with Crippen molar-refractivity contribution in [2.45, 2.75) is 6.92 Å². The molecule has 0 aliphatic carbocycles. The van der Waals surface area contributed by atoms with Crippen molar-refractivity contribution in [1.82, 2.24) is 19.9 Å². The first-order chi connectivity index (χ1) is 19.1. The fourth-order valence-electron chi connectivity index (χ4n) is 4.20. The molecule has 0 saturated carbocycles. The SMILES string of the molecule is C/C(=C\c1cc(NC(=N)N)cc(NC(=N)N)c1)c1nc2ccc3nc(Nc4c(Cl)cccc4Cl)[nH]c3c2c(=O)[nH]1. The molecule has 0 spiro atoms. The Kier molecular flexibility index (Phi) is 7.03. The van der Waals surface area contributed by atoms with Crippen LogP contribution in [0.3, 0.4) is 0 Å². The molecule has 0 radical (unpaired) electrons. The predicted octanol–water partition coefficient (Wildman–Crippen LogP) is 5.02. The van der Waals surface area contributed by atoms with E-state index in [0.29, 0.717) is 72.0 Å². The van der Waals surface area contributed by atoms with E-state index in [1.54, 1.807) is 61.5 Å². The Balaban J connectivity index is 1.53. The lowest BCUT2D eigenvalue weighted by molar-refractivity contribution is 1.12. The van der Waals surface area contributed by atoms with Gasteiger partial charge in [-0.3, -0.25) is 15.6 Å². The molecule has 0 saturated heterocycles. The number of fused-ring (bicyclic) bond motifs is 3. The van der Waals surface area contributed by atoms with Crippen LogP contribution in [0, 0.1) is 10.8 Å². The zero-order valence-electron chi connectivity index (χ0n) is 20.9. The molecule has 0 aliphatic heterocycles. The largest absolute Gasteiger partial charge is 0.370 e. The van der Waals surface area contributed by atoms with Gasteiger partial charge in [0.1, 0.15) is 5.82 Å². The van der Waals surface area contributed by atoms with Gasteiger partial charge in [-0.25, -0.2) is 9.97 Å². The van der Waals surface area contributed by atoms with E-state index < -0.39 is 0 Å². The van der Waals surface area contributed by atoms with Crippen LogP contribution >= 0.6 is 23.2 Å². The highest BCUT2D eigenvalue weighted by molar-refractivity contribution is 6.39. The molecule has 0 atom stereocenters. The van der Waals surface area contributed by atoms with Gasteiger partial charge in [0.25, 0.3) is 5.56 Å². The van der Waals surface area contributed by atoms with Crippen molar-refractivity contribution in [3.63, 3.8) is 0 Å². The molecule has 14 heteroatoms. The minimum absolute atomic E-state index is 0.245. The van der Waals surface area contributed by atoms with Crippen molar-refractivity contribution in [2.24, 2.45) is 11.5 Å². The second kappa shape index (κ2) is 10.6. The van der Waals surface area contributed by atoms with E-state index >= 15 is 0 Å². The average Bonchev–Trinajstić information content (AvgIpc) is 3.28. The maximum Gasteiger partial charge on any atom is 0.261 e. The van der Waals surface area contributed by atoms with Gasteiger partial charge in [-0.2, -0.15) is 0 Å². The summed E-state index contributed by atoms with van der Waals surface area (Å²) in [4.78, 5) is 28.4. The van der Waals surface area contributed by atoms with Gasteiger partial charge in [-0.1, -0.05) is 29.3 Å². The highest BCUT2D eigenvalue weighted by Crippen LogP contribution is 2.33. The lowest BCUT2D eigenvalue weighted by Gasteiger charge is -2.11. The first kappa shape index (κ1) is 26.5. The van der Waals surface area contributed by atoms with E-state index in [1.807, 2.05) is 0 Å². The Morgan fingerprint density at radius 3 is 2.17 bits per heavy atom. The third-order valence-corrected chi connectivity index (χ3v) is 6.43. The Hall–Kier alpha value is -5.07. The van der Waals surface area contributed by atoms with Crippen LogP contribution in [0.4, 0.5) is 23.0 Å². The zero-order chi connectivity index (χ0) is 28.6. The van der Waals surface area contributed by atoms with Gasteiger partial charge < -0.3 is 37.4 Å². The van der Waals surface area contributed by atoms with Crippen molar-refractivity contribution in [1.29, 1.82) is 10.8 Å². The number of hydrogen-bond acceptors (Lipinski definition) is 6. The second-order valence-electron chi connectivity index (χ2n) is 8.82. The molecular weight excluding hydrogens is 553 g/mol. The van der Waals surface area contributed by atoms with Crippen molar-refractivity contribution in [3.05, 3.63) is 80.3 Å². The molecule has 5 aromatic rings. The van der Waals surface area contributed by atoms with Crippen LogP contribution in [-0.4, -0.2) is 31.9 Å². The minimum atomic E-state index is -0.352. The third-order valence-electron chi connectivity index (χ3n) is 5.80. The molecule has 0 fully saturated rings. The van der Waals surface area contributed by atoms with E-state index in [0.717, 1.165) is 0 Å². The normalized spacial score (nSPS) is 11.5. The molecule has 0 aliphatic rings. The van der Waals surface area contributed by atoms with E-state index in [4.69, 9.17) is 45.5 Å². The summed E-state index contributed by atoms with van der Waals surface area (Å²) in [5, 5.41) is 24.8. The summed E-state index contributed by atoms with van der Waals surface area (Å²) < 4.78 is 0. The van der Waals surface area contributed by atoms with Crippen molar-refractivity contribution in [3.8, 4) is 0 Å². The van der Waals surface area contributed by atoms with E-state index in [2.05, 4.69) is 35.9 Å². The van der Waals surface area contributed by atoms with Crippen LogP contribution in [0.1, 0.15) is 18.3 Å². The van der Waals surface area contributed by atoms with Crippen molar-refractivity contribution >= 4 is 91.7 Å². The van der Waals surface area contributed by atoms with Gasteiger partial charge in [0, 0.05) is 11.4 Å². The summed E-state index contributed by atoms with van der Waals surface area (Å²) in [6.07, 6.45) is 1.80. The Bertz CT molecular complexity index is 1850. The highest BCUT2D eigenvalue weighted by atomic mass is 35.5. The molecule has 11 N–H and O–H groups in total. The standard InChI is InChI=1S/C26H23Cl2N11O/c1-11(7-12-8-13(33-24(29)30)10-14(9-12)34-25(31)32)22-35-17-5-6-18-21(19(17)23(40)39-22)38-26(36-18)37-20-15(27)3-2-4-16(20)28/h2-10H,1H3,(H4,29,30,33)(H4,31,32,34)(H,35,39,40)(H2,36,37,38)/b11-7+. The van der Waals surface area contributed by atoms with E-state index in [-0.39, 0.29) is 17.5 Å². The van der Waals surface area contributed by atoms with Crippen LogP contribution in [0.2, 0.25) is 10.0 Å². The highest BCUT2D eigenvalue weighted by Gasteiger charge is 2.14. The van der Waals surface area contributed by atoms with Gasteiger partial charge >= 0.3 is 0 Å². The van der Waals surface area contributed by atoms with E-state index in [9.17, 15) is 4.79 Å². The molecule has 3 aromatic carbocycles. The topological polar surface area (TPSA) is 210 Å². The number of anilines is 4. The second-order valence-corrected chi connectivity index (χ2v) is 9.64. The first-order valence-electron chi connectivity index (χ1n) is 11.8. The molecule has 0 amide bonds. The number of aromatic nitrogens is 4. The average molecular weight is 576 g/mol. The van der Waals surface area contributed by atoms with E-state index in [1.165, 1.54) is 0 Å². The number of imidazole rings is 1. The number of allylic oxidation sites excluding steroid dienone is 1. The predicted molar refractivity (Wildman–Crippen MR) is 163 cm³/mol. The summed E-state index contributed by atoms with van der Waals surface area (Å²) >= 11 is 12.5. The van der Waals surface area contributed by atoms with Gasteiger partial charge in [0.05, 0.1) is 37.7 Å². The number of aromatic amines is 2. The quantitative estimate of drug-likeness (QED) is 0.0987. The maximum atomic E-state index is 13.3. The molecule has 5 rings (SSSR count). The van der Waals surface area contributed by atoms with Crippen LogP contribution in [-0.2, 0) is 0 Å². The number of guanidine groups is 2. The summed E-state index contributed by atoms with van der Waals surface area (Å²) in [7, 11) is 0. The third kappa shape index (κ3) is 5.53. The van der Waals surface area contributed by atoms with Crippen LogP contribution in [0.5, 0.6) is 0 Å². The van der Waals surface area contributed by atoms with Gasteiger partial charge in [-0.15, -0.1) is 0 Å². The molecular formula is C26H23Cl2N11O. The number of nitrogens with zero attached hydrogens (tertiary/aromatic N) is 2. The molecule has 0 bridgehead atoms. The number of hydrogen-bond donors (Lipinski definition) is 9. The van der Waals surface area contributed by atoms with Crippen molar-refractivity contribution < 1.29 is 0 Å². The lowest BCUT2D eigenvalue weighted by atomic mass is 10.1. The number of halogens is 2. The summed E-state index contributed by atoms with van der Waals surface area (Å²) in [5.74, 6) is 0.242. The van der Waals surface area contributed by atoms with Gasteiger partial charge in [-0.05, 0) is 66.6 Å². The lowest BCUT2D eigenvalue weighted by Crippen LogP contribution is -2.22.